The van der Waals surface area contributed by atoms with Gasteiger partial charge in [-0.15, -0.1) is 11.6 Å². The highest BCUT2D eigenvalue weighted by Crippen LogP contribution is 2.48. The van der Waals surface area contributed by atoms with Crippen LogP contribution in [0.2, 0.25) is 0 Å². The molecule has 4 heterocycles. The molecule has 0 saturated carbocycles. The molecule has 2 aliphatic heterocycles. The molecule has 13 nitrogen and oxygen atoms in total. The highest BCUT2D eigenvalue weighted by molar-refractivity contribution is 6.20. The van der Waals surface area contributed by atoms with E-state index < -0.39 is 12.1 Å². The Morgan fingerprint density at radius 3 is 2.26 bits per heavy atom. The summed E-state index contributed by atoms with van der Waals surface area (Å²) in [5.74, 6) is 0.350. The molecule has 0 aliphatic carbocycles. The van der Waals surface area contributed by atoms with E-state index in [1.807, 2.05) is 7.05 Å². The quantitative estimate of drug-likeness (QED) is 0.218. The van der Waals surface area contributed by atoms with Gasteiger partial charge in [0.2, 0.25) is 5.75 Å². The molecule has 0 spiro atoms. The first-order valence-corrected chi connectivity index (χ1v) is 15.3. The minimum Gasteiger partial charge on any atom is -0.493 e. The van der Waals surface area contributed by atoms with Gasteiger partial charge in [-0.1, -0.05) is 0 Å². The van der Waals surface area contributed by atoms with Crippen LogP contribution in [-0.4, -0.2) is 112 Å². The number of aryl methyl sites for hydroxylation is 1. The number of likely N-dealkylation sites (N-methyl/N-ethyl adjacent to an activating group) is 1. The molecule has 1 unspecified atom stereocenters. The fourth-order valence-electron chi connectivity index (χ4n) is 6.44. The van der Waals surface area contributed by atoms with Crippen molar-refractivity contribution in [1.82, 2.24) is 19.8 Å². The van der Waals surface area contributed by atoms with Gasteiger partial charge in [0.1, 0.15) is 5.69 Å². The van der Waals surface area contributed by atoms with Crippen molar-refractivity contribution in [1.29, 1.82) is 0 Å². The summed E-state index contributed by atoms with van der Waals surface area (Å²) >= 11 is 6.52. The van der Waals surface area contributed by atoms with Crippen molar-refractivity contribution in [2.75, 3.05) is 79.0 Å². The van der Waals surface area contributed by atoms with Crippen LogP contribution in [0.4, 0.5) is 10.5 Å². The summed E-state index contributed by atoms with van der Waals surface area (Å²) in [6.45, 7) is 4.44. The number of carbonyl (C=O) groups is 3. The summed E-state index contributed by atoms with van der Waals surface area (Å²) in [5, 5.41) is 1.19. The number of H-pyrrole nitrogens is 2. The van der Waals surface area contributed by atoms with Gasteiger partial charge in [-0.25, -0.2) is 9.59 Å². The lowest BCUT2D eigenvalue weighted by molar-refractivity contribution is 0.0602. The molecule has 6 rings (SSSR count). The fraction of sp³-hybridized carbons (Fsp3) is 0.406. The summed E-state index contributed by atoms with van der Waals surface area (Å²) < 4.78 is 27.8. The summed E-state index contributed by atoms with van der Waals surface area (Å²) in [6.07, 6.45) is -0.517. The molecule has 4 aromatic rings. The Kier molecular flexibility index (Phi) is 8.38. The van der Waals surface area contributed by atoms with Gasteiger partial charge >= 0.3 is 12.1 Å². The number of halogens is 1. The van der Waals surface area contributed by atoms with E-state index in [-0.39, 0.29) is 35.7 Å². The average Bonchev–Trinajstić information content (AvgIpc) is 3.76. The molecule has 244 valence electrons. The molecule has 14 heteroatoms. The zero-order valence-corrected chi connectivity index (χ0v) is 27.3. The predicted octanol–water partition coefficient (Wildman–Crippen LogP) is 4.50. The van der Waals surface area contributed by atoms with Crippen LogP contribution in [-0.2, 0) is 4.74 Å². The molecular weight excluding hydrogens is 618 g/mol. The Bertz CT molecular complexity index is 1860. The molecule has 0 radical (unpaired) electrons. The van der Waals surface area contributed by atoms with Gasteiger partial charge < -0.3 is 48.4 Å². The van der Waals surface area contributed by atoms with Crippen LogP contribution < -0.4 is 23.8 Å². The van der Waals surface area contributed by atoms with Crippen molar-refractivity contribution in [2.45, 2.75) is 12.8 Å². The van der Waals surface area contributed by atoms with E-state index in [1.54, 1.807) is 34.9 Å². The predicted molar refractivity (Wildman–Crippen MR) is 173 cm³/mol. The van der Waals surface area contributed by atoms with Crippen molar-refractivity contribution < 1.29 is 38.1 Å². The second-order valence-corrected chi connectivity index (χ2v) is 11.7. The standard InChI is InChI=1S/C32H36ClN5O8/c1-16-23(31(40)45-6)25-24-18(14-33)15-38(20(24)13-21(27(25)34-16)46-32(41)37-9-7-36(2)8-10-37)30(39)19-11-17-12-22(42-3)28(43-4)29(44-5)26(17)35-19/h11-13,18,34-35H,7-10,14-15H2,1-6H3. The maximum atomic E-state index is 14.3. The monoisotopic (exact) mass is 653 g/mol. The van der Waals surface area contributed by atoms with Gasteiger partial charge in [-0.2, -0.15) is 0 Å². The topological polar surface area (TPSA) is 139 Å². The van der Waals surface area contributed by atoms with Crippen LogP contribution in [0.5, 0.6) is 23.0 Å². The van der Waals surface area contributed by atoms with E-state index in [0.717, 1.165) is 13.1 Å². The van der Waals surface area contributed by atoms with Crippen LogP contribution in [0.3, 0.4) is 0 Å². The number of nitrogens with zero attached hydrogens (tertiary/aromatic N) is 3. The van der Waals surface area contributed by atoms with E-state index in [4.69, 9.17) is 35.3 Å². The van der Waals surface area contributed by atoms with Crippen molar-refractivity contribution in [2.24, 2.45) is 0 Å². The first-order valence-electron chi connectivity index (χ1n) is 14.8. The molecule has 1 fully saturated rings. The number of aromatic amines is 2. The number of amides is 2. The third-order valence-electron chi connectivity index (χ3n) is 8.78. The van der Waals surface area contributed by atoms with E-state index in [0.29, 0.717) is 74.7 Å². The van der Waals surface area contributed by atoms with Gasteiger partial charge in [0.25, 0.3) is 5.91 Å². The fourth-order valence-corrected chi connectivity index (χ4v) is 6.69. The van der Waals surface area contributed by atoms with E-state index in [9.17, 15) is 14.4 Å². The molecule has 46 heavy (non-hydrogen) atoms. The maximum absolute atomic E-state index is 14.3. The summed E-state index contributed by atoms with van der Waals surface area (Å²) in [5.41, 5.74) is 3.30. The van der Waals surface area contributed by atoms with Crippen molar-refractivity contribution >= 4 is 57.1 Å². The zero-order chi connectivity index (χ0) is 32.9. The number of alkyl halides is 1. The van der Waals surface area contributed by atoms with Crippen LogP contribution in [0.1, 0.15) is 38.0 Å². The summed E-state index contributed by atoms with van der Waals surface area (Å²) in [7, 11) is 7.85. The van der Waals surface area contributed by atoms with Gasteiger partial charge in [0.15, 0.2) is 17.2 Å². The van der Waals surface area contributed by atoms with Crippen LogP contribution in [0.25, 0.3) is 21.8 Å². The highest BCUT2D eigenvalue weighted by atomic mass is 35.5. The van der Waals surface area contributed by atoms with Crippen molar-refractivity contribution in [3.8, 4) is 23.0 Å². The molecular formula is C32H36ClN5O8. The molecule has 2 aliphatic rings. The maximum Gasteiger partial charge on any atom is 0.415 e. The first kappa shape index (κ1) is 31.4. The summed E-state index contributed by atoms with van der Waals surface area (Å²) in [4.78, 5) is 52.6. The van der Waals surface area contributed by atoms with E-state index >= 15 is 0 Å². The second-order valence-electron chi connectivity index (χ2n) is 11.4. The highest BCUT2D eigenvalue weighted by Gasteiger charge is 2.39. The average molecular weight is 654 g/mol. The first-order chi connectivity index (χ1) is 22.1. The Morgan fingerprint density at radius 2 is 1.63 bits per heavy atom. The van der Waals surface area contributed by atoms with Gasteiger partial charge in [0.05, 0.1) is 50.7 Å². The SMILES string of the molecule is COC(=O)c1c(C)[nH]c2c(OC(=O)N3CCN(C)CC3)cc3c(c12)C(CCl)CN3C(=O)c1cc2cc(OC)c(OC)c(OC)c2[nH]1. The molecule has 1 saturated heterocycles. The molecule has 2 N–H and O–H groups in total. The number of hydrogen-bond acceptors (Lipinski definition) is 9. The van der Waals surface area contributed by atoms with E-state index in [2.05, 4.69) is 14.9 Å². The lowest BCUT2D eigenvalue weighted by atomic mass is 9.95. The van der Waals surface area contributed by atoms with Crippen LogP contribution in [0.15, 0.2) is 18.2 Å². The number of anilines is 1. The zero-order valence-electron chi connectivity index (χ0n) is 26.5. The third-order valence-corrected chi connectivity index (χ3v) is 9.15. The minimum absolute atomic E-state index is 0.173. The molecule has 2 aromatic heterocycles. The van der Waals surface area contributed by atoms with Crippen LogP contribution >= 0.6 is 11.6 Å². The Hall–Kier alpha value is -4.62. The number of rotatable bonds is 7. The molecule has 2 aromatic carbocycles. The number of fused-ring (bicyclic) bond motifs is 4. The van der Waals surface area contributed by atoms with Gasteiger partial charge in [0, 0.05) is 67.1 Å². The number of aromatic nitrogens is 2. The lowest BCUT2D eigenvalue weighted by Gasteiger charge is -2.31. The van der Waals surface area contributed by atoms with Gasteiger partial charge in [-0.05, 0) is 31.7 Å². The number of benzene rings is 2. The molecule has 2 amide bonds. The molecule has 0 bridgehead atoms. The minimum atomic E-state index is -0.558. The number of methoxy groups -OCH3 is 4. The Labute approximate surface area is 270 Å². The number of piperazine rings is 1. The number of ether oxygens (including phenoxy) is 5. The third kappa shape index (κ3) is 5.03. The second kappa shape index (κ2) is 12.3. The van der Waals surface area contributed by atoms with Crippen LogP contribution in [0, 0.1) is 6.92 Å². The normalized spacial score (nSPS) is 16.5. The Morgan fingerprint density at radius 1 is 0.913 bits per heavy atom. The van der Waals surface area contributed by atoms with Gasteiger partial charge in [-0.3, -0.25) is 4.79 Å². The largest absolute Gasteiger partial charge is 0.493 e. The lowest BCUT2D eigenvalue weighted by Crippen LogP contribution is -2.48. The summed E-state index contributed by atoms with van der Waals surface area (Å²) in [6, 6.07) is 5.14. The van der Waals surface area contributed by atoms with E-state index in [1.165, 1.54) is 28.4 Å². The number of carbonyl (C=O) groups excluding carboxylic acids is 3. The number of esters is 1. The smallest absolute Gasteiger partial charge is 0.415 e. The molecule has 1 atom stereocenters. The van der Waals surface area contributed by atoms with Crippen molar-refractivity contribution in [3.63, 3.8) is 0 Å². The number of hydrogen-bond donors (Lipinski definition) is 2. The number of nitrogens with one attached hydrogen (secondary N) is 2. The Balaban J connectivity index is 1.49. The van der Waals surface area contributed by atoms with Crippen molar-refractivity contribution in [3.05, 3.63) is 40.7 Å².